The van der Waals surface area contributed by atoms with Crippen molar-refractivity contribution in [2.75, 3.05) is 13.2 Å². The van der Waals surface area contributed by atoms with Gasteiger partial charge < -0.3 is 14.6 Å². The first kappa shape index (κ1) is 12.9. The summed E-state index contributed by atoms with van der Waals surface area (Å²) in [5, 5.41) is 11.1. The summed E-state index contributed by atoms with van der Waals surface area (Å²) in [6.45, 7) is 5.35. The molecule has 1 aromatic rings. The van der Waals surface area contributed by atoms with Gasteiger partial charge in [0, 0.05) is 5.56 Å². The molecule has 1 unspecified atom stereocenters. The monoisotopic (exact) mass is 260 g/mol. The van der Waals surface area contributed by atoms with Gasteiger partial charge in [0.05, 0.1) is 13.2 Å². The molecule has 3 heteroatoms. The molecule has 0 amide bonds. The highest BCUT2D eigenvalue weighted by molar-refractivity contribution is 5.43. The summed E-state index contributed by atoms with van der Waals surface area (Å²) < 4.78 is 11.2. The standard InChI is InChI=1S/C16H20O3/c1-11-7-8-16(17,12(11)2)14-6-4-3-5-13(14)15-18-9-10-19-15/h3-6,15,17H,7-10H2,1-2H3. The van der Waals surface area contributed by atoms with E-state index in [4.69, 9.17) is 9.47 Å². The van der Waals surface area contributed by atoms with E-state index in [9.17, 15) is 5.11 Å². The molecule has 2 aliphatic rings. The van der Waals surface area contributed by atoms with Gasteiger partial charge in [0.2, 0.25) is 0 Å². The van der Waals surface area contributed by atoms with Crippen LogP contribution in [0.3, 0.4) is 0 Å². The Morgan fingerprint density at radius 1 is 1.16 bits per heavy atom. The van der Waals surface area contributed by atoms with Crippen LogP contribution in [0.5, 0.6) is 0 Å². The molecule has 1 atom stereocenters. The van der Waals surface area contributed by atoms with E-state index in [1.807, 2.05) is 31.2 Å². The van der Waals surface area contributed by atoms with Crippen LogP contribution in [0.4, 0.5) is 0 Å². The van der Waals surface area contributed by atoms with E-state index in [1.54, 1.807) is 0 Å². The van der Waals surface area contributed by atoms with Crippen LogP contribution in [0.2, 0.25) is 0 Å². The molecule has 3 nitrogen and oxygen atoms in total. The summed E-state index contributed by atoms with van der Waals surface area (Å²) >= 11 is 0. The van der Waals surface area contributed by atoms with Crippen molar-refractivity contribution in [3.63, 3.8) is 0 Å². The molecule has 0 bridgehead atoms. The molecule has 0 spiro atoms. The van der Waals surface area contributed by atoms with Crippen molar-refractivity contribution in [1.29, 1.82) is 0 Å². The summed E-state index contributed by atoms with van der Waals surface area (Å²) in [6, 6.07) is 7.91. The normalized spacial score (nSPS) is 28.4. The van der Waals surface area contributed by atoms with E-state index in [0.717, 1.165) is 29.5 Å². The lowest BCUT2D eigenvalue weighted by atomic mass is 9.84. The highest BCUT2D eigenvalue weighted by atomic mass is 16.7. The number of ether oxygens (including phenoxy) is 2. The minimum atomic E-state index is -0.865. The summed E-state index contributed by atoms with van der Waals surface area (Å²) in [4.78, 5) is 0. The Morgan fingerprint density at radius 2 is 1.84 bits per heavy atom. The highest BCUT2D eigenvalue weighted by Crippen LogP contribution is 2.45. The Hall–Kier alpha value is -1.16. The predicted molar refractivity (Wildman–Crippen MR) is 72.6 cm³/mol. The second-order valence-electron chi connectivity index (χ2n) is 5.43. The second kappa shape index (κ2) is 4.75. The van der Waals surface area contributed by atoms with Crippen molar-refractivity contribution in [3.8, 4) is 0 Å². The van der Waals surface area contributed by atoms with Crippen LogP contribution in [0.25, 0.3) is 0 Å². The predicted octanol–water partition coefficient (Wildman–Crippen LogP) is 3.05. The van der Waals surface area contributed by atoms with E-state index in [2.05, 4.69) is 6.92 Å². The van der Waals surface area contributed by atoms with Crippen LogP contribution >= 0.6 is 0 Å². The van der Waals surface area contributed by atoms with Crippen molar-refractivity contribution in [3.05, 3.63) is 46.5 Å². The number of rotatable bonds is 2. The van der Waals surface area contributed by atoms with Crippen LogP contribution in [0, 0.1) is 0 Å². The zero-order chi connectivity index (χ0) is 13.5. The summed E-state index contributed by atoms with van der Waals surface area (Å²) in [7, 11) is 0. The molecule has 1 N–H and O–H groups in total. The number of aliphatic hydroxyl groups is 1. The summed E-state index contributed by atoms with van der Waals surface area (Å²) in [6.07, 6.45) is 1.35. The van der Waals surface area contributed by atoms with Crippen molar-refractivity contribution in [2.45, 2.75) is 38.6 Å². The fraction of sp³-hybridized carbons (Fsp3) is 0.500. The zero-order valence-electron chi connectivity index (χ0n) is 11.5. The molecule has 0 saturated carbocycles. The number of benzene rings is 1. The SMILES string of the molecule is CC1=C(C)C(O)(c2ccccc2C2OCCO2)CC1. The topological polar surface area (TPSA) is 38.7 Å². The first-order valence-electron chi connectivity index (χ1n) is 6.85. The molecule has 3 rings (SSSR count). The molecular formula is C16H20O3. The Balaban J connectivity index is 2.06. The van der Waals surface area contributed by atoms with Crippen molar-refractivity contribution in [1.82, 2.24) is 0 Å². The van der Waals surface area contributed by atoms with Gasteiger partial charge in [-0.2, -0.15) is 0 Å². The zero-order valence-corrected chi connectivity index (χ0v) is 11.5. The third-order valence-electron chi connectivity index (χ3n) is 4.40. The van der Waals surface area contributed by atoms with E-state index in [1.165, 1.54) is 5.57 Å². The molecule has 1 saturated heterocycles. The van der Waals surface area contributed by atoms with Gasteiger partial charge >= 0.3 is 0 Å². The molecule has 1 heterocycles. The second-order valence-corrected chi connectivity index (χ2v) is 5.43. The van der Waals surface area contributed by atoms with Gasteiger partial charge in [0.1, 0.15) is 5.60 Å². The van der Waals surface area contributed by atoms with Crippen LogP contribution in [-0.2, 0) is 15.1 Å². The Kier molecular flexibility index (Phi) is 3.21. The average molecular weight is 260 g/mol. The van der Waals surface area contributed by atoms with Crippen LogP contribution in [0.15, 0.2) is 35.4 Å². The lowest BCUT2D eigenvalue weighted by molar-refractivity contribution is -0.0479. The first-order valence-corrected chi connectivity index (χ1v) is 6.85. The smallest absolute Gasteiger partial charge is 0.184 e. The maximum atomic E-state index is 11.1. The Labute approximate surface area is 113 Å². The fourth-order valence-electron chi connectivity index (χ4n) is 3.05. The van der Waals surface area contributed by atoms with Gasteiger partial charge in [0.25, 0.3) is 0 Å². The van der Waals surface area contributed by atoms with Gasteiger partial charge in [-0.25, -0.2) is 0 Å². The molecule has 0 radical (unpaired) electrons. The number of hydrogen-bond acceptors (Lipinski definition) is 3. The Morgan fingerprint density at radius 3 is 2.47 bits per heavy atom. The van der Waals surface area contributed by atoms with E-state index < -0.39 is 5.60 Å². The van der Waals surface area contributed by atoms with Crippen LogP contribution in [0.1, 0.15) is 44.1 Å². The van der Waals surface area contributed by atoms with Gasteiger partial charge in [-0.15, -0.1) is 0 Å². The lowest BCUT2D eigenvalue weighted by Crippen LogP contribution is -2.26. The van der Waals surface area contributed by atoms with Gasteiger partial charge in [-0.1, -0.05) is 29.8 Å². The third kappa shape index (κ3) is 2.02. The number of allylic oxidation sites excluding steroid dienone is 1. The molecular weight excluding hydrogens is 240 g/mol. The molecule has 19 heavy (non-hydrogen) atoms. The minimum absolute atomic E-state index is 0.339. The average Bonchev–Trinajstić information content (AvgIpc) is 3.05. The van der Waals surface area contributed by atoms with Crippen LogP contribution < -0.4 is 0 Å². The molecule has 1 aliphatic carbocycles. The molecule has 1 fully saturated rings. The fourth-order valence-corrected chi connectivity index (χ4v) is 3.05. The van der Waals surface area contributed by atoms with Crippen molar-refractivity contribution < 1.29 is 14.6 Å². The molecule has 1 aromatic carbocycles. The van der Waals surface area contributed by atoms with E-state index >= 15 is 0 Å². The van der Waals surface area contributed by atoms with Gasteiger partial charge in [-0.3, -0.25) is 0 Å². The largest absolute Gasteiger partial charge is 0.381 e. The molecule has 0 aromatic heterocycles. The maximum Gasteiger partial charge on any atom is 0.184 e. The quantitative estimate of drug-likeness (QED) is 0.831. The van der Waals surface area contributed by atoms with Crippen LogP contribution in [-0.4, -0.2) is 18.3 Å². The summed E-state index contributed by atoms with van der Waals surface area (Å²) in [5.41, 5.74) is 3.37. The first-order chi connectivity index (χ1) is 9.13. The van der Waals surface area contributed by atoms with E-state index in [0.29, 0.717) is 13.2 Å². The van der Waals surface area contributed by atoms with Gasteiger partial charge in [-0.05, 0) is 37.8 Å². The van der Waals surface area contributed by atoms with Gasteiger partial charge in [0.15, 0.2) is 6.29 Å². The lowest BCUT2D eigenvalue weighted by Gasteiger charge is -2.29. The minimum Gasteiger partial charge on any atom is -0.381 e. The molecule has 1 aliphatic heterocycles. The van der Waals surface area contributed by atoms with Crippen molar-refractivity contribution >= 4 is 0 Å². The summed E-state index contributed by atoms with van der Waals surface area (Å²) in [5.74, 6) is 0. The van der Waals surface area contributed by atoms with Crippen molar-refractivity contribution in [2.24, 2.45) is 0 Å². The van der Waals surface area contributed by atoms with E-state index in [-0.39, 0.29) is 6.29 Å². The Bertz CT molecular complexity index is 514. The highest BCUT2D eigenvalue weighted by Gasteiger charge is 2.39. The molecule has 102 valence electrons. The number of hydrogen-bond donors (Lipinski definition) is 1. The third-order valence-corrected chi connectivity index (χ3v) is 4.40. The maximum absolute atomic E-state index is 11.1.